The van der Waals surface area contributed by atoms with Gasteiger partial charge in [-0.2, -0.15) is 0 Å². The first-order chi connectivity index (χ1) is 5.26. The SMILES string of the molecule is CCCCC(CC)C(=O)[O][Zn]. The second-order valence-corrected chi connectivity index (χ2v) is 3.32. The van der Waals surface area contributed by atoms with Gasteiger partial charge in [0, 0.05) is 0 Å². The second-order valence-electron chi connectivity index (χ2n) is 2.71. The normalized spacial score (nSPS) is 12.7. The standard InChI is InChI=1S/C8H16O2.Zn/c1-3-5-6-7(4-2)8(9)10;/h7H,3-6H2,1-2H3,(H,9,10);/q;+1/p-1. The van der Waals surface area contributed by atoms with Crippen molar-refractivity contribution in [3.8, 4) is 0 Å². The summed E-state index contributed by atoms with van der Waals surface area (Å²) in [5.74, 6) is 0.157. The van der Waals surface area contributed by atoms with E-state index in [2.05, 4.69) is 6.92 Å². The van der Waals surface area contributed by atoms with Crippen LogP contribution in [-0.4, -0.2) is 5.97 Å². The maximum atomic E-state index is 11.1. The zero-order valence-corrected chi connectivity index (χ0v) is 10.4. The molecule has 0 aromatic rings. The number of hydrogen-bond donors (Lipinski definition) is 0. The van der Waals surface area contributed by atoms with E-state index >= 15 is 0 Å². The van der Waals surface area contributed by atoms with Crippen molar-refractivity contribution in [2.24, 2.45) is 5.92 Å². The summed E-state index contributed by atoms with van der Waals surface area (Å²) in [6.07, 6.45) is 4.20. The zero-order chi connectivity index (χ0) is 8.69. The molecule has 0 spiro atoms. The average molecular weight is 209 g/mol. The van der Waals surface area contributed by atoms with E-state index < -0.39 is 0 Å². The molecule has 0 heterocycles. The van der Waals surface area contributed by atoms with Crippen molar-refractivity contribution >= 4 is 5.97 Å². The molecule has 3 heteroatoms. The summed E-state index contributed by atoms with van der Waals surface area (Å²) in [6, 6.07) is 0. The molecule has 0 rings (SSSR count). The minimum absolute atomic E-state index is 0.000880. The third-order valence-electron chi connectivity index (χ3n) is 1.87. The van der Waals surface area contributed by atoms with Gasteiger partial charge in [-0.25, -0.2) is 0 Å². The molecule has 61 valence electrons. The summed E-state index contributed by atoms with van der Waals surface area (Å²) in [5.41, 5.74) is 0. The average Bonchev–Trinajstić information content (AvgIpc) is 2.05. The second kappa shape index (κ2) is 6.78. The Morgan fingerprint density at radius 1 is 1.55 bits per heavy atom. The van der Waals surface area contributed by atoms with Crippen LogP contribution in [0.15, 0.2) is 0 Å². The Morgan fingerprint density at radius 3 is 2.55 bits per heavy atom. The van der Waals surface area contributed by atoms with E-state index in [0.29, 0.717) is 18.7 Å². The Labute approximate surface area is 78.8 Å². The van der Waals surface area contributed by atoms with Gasteiger partial charge in [-0.1, -0.05) is 0 Å². The van der Waals surface area contributed by atoms with Crippen LogP contribution in [0.2, 0.25) is 0 Å². The van der Waals surface area contributed by atoms with Gasteiger partial charge in [0.25, 0.3) is 0 Å². The monoisotopic (exact) mass is 207 g/mol. The van der Waals surface area contributed by atoms with Crippen LogP contribution in [0.1, 0.15) is 39.5 Å². The predicted molar refractivity (Wildman–Crippen MR) is 39.4 cm³/mol. The number of unbranched alkanes of at least 4 members (excludes halogenated alkanes) is 1. The van der Waals surface area contributed by atoms with Crippen molar-refractivity contribution < 1.29 is 27.0 Å². The van der Waals surface area contributed by atoms with Crippen LogP contribution in [0.4, 0.5) is 0 Å². The Hall–Kier alpha value is 0.0934. The Balaban J connectivity index is 3.65. The molecule has 0 bridgehead atoms. The van der Waals surface area contributed by atoms with Crippen LogP contribution in [0, 0.1) is 5.92 Å². The quantitative estimate of drug-likeness (QED) is 0.648. The molecule has 0 aromatic carbocycles. The van der Waals surface area contributed by atoms with Crippen molar-refractivity contribution in [3.63, 3.8) is 0 Å². The number of carbonyl (C=O) groups excluding carboxylic acids is 1. The van der Waals surface area contributed by atoms with Gasteiger partial charge in [0.1, 0.15) is 0 Å². The van der Waals surface area contributed by atoms with E-state index in [4.69, 9.17) is 3.56 Å². The summed E-state index contributed by atoms with van der Waals surface area (Å²) in [6.45, 7) is 4.18. The molecule has 2 nitrogen and oxygen atoms in total. The number of hydrogen-bond acceptors (Lipinski definition) is 2. The topological polar surface area (TPSA) is 26.3 Å². The van der Waals surface area contributed by atoms with Crippen LogP contribution in [-0.2, 0) is 27.0 Å². The molecule has 0 radical (unpaired) electrons. The predicted octanol–water partition coefficient (Wildman–Crippen LogP) is 2.21. The van der Waals surface area contributed by atoms with E-state index in [0.717, 1.165) is 25.7 Å². The maximum absolute atomic E-state index is 11.1. The first-order valence-electron chi connectivity index (χ1n) is 4.22. The summed E-state index contributed by atoms with van der Waals surface area (Å²) < 4.78 is 4.79. The van der Waals surface area contributed by atoms with Crippen LogP contribution < -0.4 is 0 Å². The third-order valence-corrected chi connectivity index (χ3v) is 2.47. The fourth-order valence-electron chi connectivity index (χ4n) is 1.06. The van der Waals surface area contributed by atoms with Gasteiger partial charge in [-0.05, 0) is 0 Å². The zero-order valence-electron chi connectivity index (χ0n) is 7.43. The molecule has 0 saturated heterocycles. The Bertz CT molecular complexity index is 115. The molecule has 0 N–H and O–H groups in total. The Morgan fingerprint density at radius 2 is 2.18 bits per heavy atom. The van der Waals surface area contributed by atoms with Crippen molar-refractivity contribution in [1.29, 1.82) is 0 Å². The van der Waals surface area contributed by atoms with Gasteiger partial charge in [0.2, 0.25) is 0 Å². The van der Waals surface area contributed by atoms with Crippen molar-refractivity contribution in [3.05, 3.63) is 0 Å². The molecule has 11 heavy (non-hydrogen) atoms. The molecule has 1 atom stereocenters. The summed E-state index contributed by atoms with van der Waals surface area (Å²) in [7, 11) is 0. The molecular formula is C8H15O2Zn. The molecule has 0 aliphatic carbocycles. The first-order valence-corrected chi connectivity index (χ1v) is 5.43. The van der Waals surface area contributed by atoms with Gasteiger partial charge in [-0.3, -0.25) is 0 Å². The molecule has 0 amide bonds. The van der Waals surface area contributed by atoms with Crippen molar-refractivity contribution in [2.75, 3.05) is 0 Å². The van der Waals surface area contributed by atoms with Crippen molar-refractivity contribution in [2.45, 2.75) is 39.5 Å². The summed E-state index contributed by atoms with van der Waals surface area (Å²) >= 11 is 0.626. The Kier molecular flexibility index (Phi) is 6.84. The van der Waals surface area contributed by atoms with Gasteiger partial charge >= 0.3 is 78.4 Å². The molecule has 0 fully saturated rings. The van der Waals surface area contributed by atoms with E-state index in [1.807, 2.05) is 6.92 Å². The van der Waals surface area contributed by atoms with Crippen LogP contribution in [0.25, 0.3) is 0 Å². The van der Waals surface area contributed by atoms with Crippen molar-refractivity contribution in [1.82, 2.24) is 0 Å². The van der Waals surface area contributed by atoms with Crippen LogP contribution in [0.5, 0.6) is 0 Å². The van der Waals surface area contributed by atoms with Crippen LogP contribution in [0.3, 0.4) is 0 Å². The molecular weight excluding hydrogens is 193 g/mol. The van der Waals surface area contributed by atoms with Gasteiger partial charge in [-0.15, -0.1) is 0 Å². The van der Waals surface area contributed by atoms with E-state index in [-0.39, 0.29) is 11.9 Å². The fraction of sp³-hybridized carbons (Fsp3) is 0.875. The van der Waals surface area contributed by atoms with Crippen LogP contribution >= 0.6 is 0 Å². The van der Waals surface area contributed by atoms with E-state index in [9.17, 15) is 4.79 Å². The summed E-state index contributed by atoms with van der Waals surface area (Å²) in [5, 5.41) is 0. The summed E-state index contributed by atoms with van der Waals surface area (Å²) in [4.78, 5) is 11.1. The van der Waals surface area contributed by atoms with E-state index in [1.54, 1.807) is 0 Å². The molecule has 0 aliphatic rings. The van der Waals surface area contributed by atoms with Gasteiger partial charge < -0.3 is 0 Å². The first kappa shape index (κ1) is 11.1. The van der Waals surface area contributed by atoms with Gasteiger partial charge in [0.05, 0.1) is 0 Å². The minimum atomic E-state index is 0.000880. The third kappa shape index (κ3) is 4.52. The fourth-order valence-corrected chi connectivity index (χ4v) is 1.55. The van der Waals surface area contributed by atoms with E-state index in [1.165, 1.54) is 0 Å². The molecule has 0 saturated carbocycles. The van der Waals surface area contributed by atoms with Gasteiger partial charge in [0.15, 0.2) is 0 Å². The molecule has 0 aromatic heterocycles. The number of rotatable bonds is 5. The molecule has 1 unspecified atom stereocenters. The number of carbonyl (C=O) groups is 1. The molecule has 0 aliphatic heterocycles.